The lowest BCUT2D eigenvalue weighted by Gasteiger charge is -2.25. The molecule has 0 amide bonds. The van der Waals surface area contributed by atoms with Crippen molar-refractivity contribution in [2.45, 2.75) is 45.3 Å². The van der Waals surface area contributed by atoms with E-state index in [1.807, 2.05) is 11.7 Å². The van der Waals surface area contributed by atoms with Gasteiger partial charge in [-0.25, -0.2) is 0 Å². The molecule has 0 radical (unpaired) electrons. The van der Waals surface area contributed by atoms with Crippen LogP contribution in [0.25, 0.3) is 0 Å². The number of aromatic nitrogens is 2. The fourth-order valence-electron chi connectivity index (χ4n) is 2.50. The Bertz CT molecular complexity index is 380. The lowest BCUT2D eigenvalue weighted by molar-refractivity contribution is 0.0191. The smallest absolute Gasteiger partial charge is 0.0779 e. The molecule has 1 aromatic heterocycles. The van der Waals surface area contributed by atoms with E-state index in [9.17, 15) is 0 Å². The van der Waals surface area contributed by atoms with Crippen molar-refractivity contribution in [3.05, 3.63) is 17.5 Å². The van der Waals surface area contributed by atoms with E-state index < -0.39 is 0 Å². The third kappa shape index (κ3) is 2.87. The molecular formula is C13H23N3O. The van der Waals surface area contributed by atoms with Gasteiger partial charge in [-0.05, 0) is 33.6 Å². The Kier molecular flexibility index (Phi) is 3.54. The topological polar surface area (TPSA) is 39.1 Å². The zero-order valence-corrected chi connectivity index (χ0v) is 11.3. The largest absolute Gasteiger partial charge is 0.374 e. The lowest BCUT2D eigenvalue weighted by Crippen LogP contribution is -2.38. The van der Waals surface area contributed by atoms with Gasteiger partial charge in [-0.2, -0.15) is 5.10 Å². The zero-order valence-electron chi connectivity index (χ0n) is 11.3. The molecular weight excluding hydrogens is 214 g/mol. The standard InChI is InChI=1S/C13H23N3O/c1-10(12-8-16(4)15-11(12)2)14-9-13(3)6-5-7-17-13/h8,10,14H,5-7,9H2,1-4H3. The first-order valence-corrected chi connectivity index (χ1v) is 6.38. The molecule has 2 unspecified atom stereocenters. The Morgan fingerprint density at radius 1 is 1.65 bits per heavy atom. The molecule has 1 N–H and O–H groups in total. The Labute approximate surface area is 103 Å². The van der Waals surface area contributed by atoms with Gasteiger partial charge < -0.3 is 10.1 Å². The van der Waals surface area contributed by atoms with Gasteiger partial charge in [0.25, 0.3) is 0 Å². The molecule has 1 saturated heterocycles. The second-order valence-corrected chi connectivity index (χ2v) is 5.35. The van der Waals surface area contributed by atoms with E-state index in [2.05, 4.69) is 37.4 Å². The molecule has 0 aliphatic carbocycles. The number of aryl methyl sites for hydroxylation is 2. The van der Waals surface area contributed by atoms with Gasteiger partial charge in [0, 0.05) is 38.0 Å². The highest BCUT2D eigenvalue weighted by Crippen LogP contribution is 2.25. The molecule has 2 rings (SSSR count). The molecule has 4 nitrogen and oxygen atoms in total. The summed E-state index contributed by atoms with van der Waals surface area (Å²) in [6, 6.07) is 0.324. The highest BCUT2D eigenvalue weighted by Gasteiger charge is 2.30. The summed E-state index contributed by atoms with van der Waals surface area (Å²) in [4.78, 5) is 0. The second-order valence-electron chi connectivity index (χ2n) is 5.35. The maximum Gasteiger partial charge on any atom is 0.0779 e. The van der Waals surface area contributed by atoms with E-state index in [0.29, 0.717) is 6.04 Å². The van der Waals surface area contributed by atoms with Gasteiger partial charge in [0.1, 0.15) is 0 Å². The lowest BCUT2D eigenvalue weighted by atomic mass is 10.0. The fourth-order valence-corrected chi connectivity index (χ4v) is 2.50. The van der Waals surface area contributed by atoms with Crippen LogP contribution in [0.2, 0.25) is 0 Å². The van der Waals surface area contributed by atoms with Gasteiger partial charge in [0.2, 0.25) is 0 Å². The van der Waals surface area contributed by atoms with Crippen LogP contribution in [0.15, 0.2) is 6.20 Å². The maximum atomic E-state index is 5.78. The summed E-state index contributed by atoms with van der Waals surface area (Å²) in [5, 5.41) is 7.93. The van der Waals surface area contributed by atoms with E-state index in [0.717, 1.165) is 25.3 Å². The molecule has 2 atom stereocenters. The van der Waals surface area contributed by atoms with Crippen LogP contribution in [-0.2, 0) is 11.8 Å². The summed E-state index contributed by atoms with van der Waals surface area (Å²) in [5.41, 5.74) is 2.39. The molecule has 17 heavy (non-hydrogen) atoms. The molecule has 1 fully saturated rings. The van der Waals surface area contributed by atoms with Gasteiger partial charge in [-0.1, -0.05) is 0 Å². The van der Waals surface area contributed by atoms with Gasteiger partial charge in [0.05, 0.1) is 11.3 Å². The summed E-state index contributed by atoms with van der Waals surface area (Å²) in [7, 11) is 1.96. The minimum absolute atomic E-state index is 0.0182. The minimum atomic E-state index is 0.0182. The van der Waals surface area contributed by atoms with E-state index in [1.54, 1.807) is 0 Å². The summed E-state index contributed by atoms with van der Waals surface area (Å²) in [5.74, 6) is 0. The van der Waals surface area contributed by atoms with E-state index in [4.69, 9.17) is 4.74 Å². The van der Waals surface area contributed by atoms with Crippen LogP contribution < -0.4 is 5.32 Å². The van der Waals surface area contributed by atoms with Crippen molar-refractivity contribution < 1.29 is 4.74 Å². The van der Waals surface area contributed by atoms with Crippen molar-refractivity contribution in [1.82, 2.24) is 15.1 Å². The quantitative estimate of drug-likeness (QED) is 0.870. The van der Waals surface area contributed by atoms with Crippen LogP contribution in [0.3, 0.4) is 0 Å². The molecule has 0 saturated carbocycles. The monoisotopic (exact) mass is 237 g/mol. The average molecular weight is 237 g/mol. The highest BCUT2D eigenvalue weighted by atomic mass is 16.5. The number of hydrogen-bond acceptors (Lipinski definition) is 3. The first kappa shape index (κ1) is 12.6. The summed E-state index contributed by atoms with van der Waals surface area (Å²) in [6.07, 6.45) is 4.42. The minimum Gasteiger partial charge on any atom is -0.374 e. The molecule has 2 heterocycles. The summed E-state index contributed by atoms with van der Waals surface area (Å²) in [6.45, 7) is 8.24. The van der Waals surface area contributed by atoms with Crippen LogP contribution >= 0.6 is 0 Å². The van der Waals surface area contributed by atoms with Crippen LogP contribution in [0, 0.1) is 6.92 Å². The van der Waals surface area contributed by atoms with Crippen molar-refractivity contribution in [3.63, 3.8) is 0 Å². The Balaban J connectivity index is 1.93. The fraction of sp³-hybridized carbons (Fsp3) is 0.769. The Morgan fingerprint density at radius 3 is 2.94 bits per heavy atom. The Morgan fingerprint density at radius 2 is 2.41 bits per heavy atom. The maximum absolute atomic E-state index is 5.78. The first-order valence-electron chi connectivity index (χ1n) is 6.38. The predicted molar refractivity (Wildman–Crippen MR) is 68.0 cm³/mol. The predicted octanol–water partition coefficient (Wildman–Crippen LogP) is 1.95. The third-order valence-corrected chi connectivity index (χ3v) is 3.60. The zero-order chi connectivity index (χ0) is 12.5. The van der Waals surface area contributed by atoms with E-state index in [-0.39, 0.29) is 5.60 Å². The molecule has 0 bridgehead atoms. The second kappa shape index (κ2) is 4.78. The molecule has 96 valence electrons. The number of hydrogen-bond donors (Lipinski definition) is 1. The van der Waals surface area contributed by atoms with Gasteiger partial charge in [-0.3, -0.25) is 4.68 Å². The SMILES string of the molecule is Cc1nn(C)cc1C(C)NCC1(C)CCCO1. The molecule has 1 aliphatic heterocycles. The van der Waals surface area contributed by atoms with E-state index in [1.165, 1.54) is 12.0 Å². The molecule has 1 aromatic rings. The van der Waals surface area contributed by atoms with Crippen molar-refractivity contribution in [1.29, 1.82) is 0 Å². The summed E-state index contributed by atoms with van der Waals surface area (Å²) < 4.78 is 7.65. The van der Waals surface area contributed by atoms with Crippen molar-refractivity contribution in [2.75, 3.05) is 13.2 Å². The van der Waals surface area contributed by atoms with E-state index >= 15 is 0 Å². The number of rotatable bonds is 4. The van der Waals surface area contributed by atoms with Crippen molar-refractivity contribution in [3.8, 4) is 0 Å². The van der Waals surface area contributed by atoms with Crippen molar-refractivity contribution >= 4 is 0 Å². The van der Waals surface area contributed by atoms with Crippen molar-refractivity contribution in [2.24, 2.45) is 7.05 Å². The number of nitrogens with zero attached hydrogens (tertiary/aromatic N) is 2. The average Bonchev–Trinajstić information content (AvgIpc) is 2.83. The van der Waals surface area contributed by atoms with Gasteiger partial charge in [0.15, 0.2) is 0 Å². The van der Waals surface area contributed by atoms with Gasteiger partial charge >= 0.3 is 0 Å². The third-order valence-electron chi connectivity index (χ3n) is 3.60. The highest BCUT2D eigenvalue weighted by molar-refractivity contribution is 5.19. The van der Waals surface area contributed by atoms with Crippen LogP contribution in [0.5, 0.6) is 0 Å². The Hall–Kier alpha value is -0.870. The summed E-state index contributed by atoms with van der Waals surface area (Å²) >= 11 is 0. The van der Waals surface area contributed by atoms with Crippen LogP contribution in [0.1, 0.15) is 44.0 Å². The first-order chi connectivity index (χ1) is 8.00. The molecule has 0 spiro atoms. The number of ether oxygens (including phenoxy) is 1. The molecule has 1 aliphatic rings. The molecule has 0 aromatic carbocycles. The molecule has 4 heteroatoms. The normalized spacial score (nSPS) is 26.4. The van der Waals surface area contributed by atoms with Crippen LogP contribution in [0.4, 0.5) is 0 Å². The van der Waals surface area contributed by atoms with Crippen LogP contribution in [-0.4, -0.2) is 28.5 Å². The number of nitrogens with one attached hydrogen (secondary N) is 1. The van der Waals surface area contributed by atoms with Gasteiger partial charge in [-0.15, -0.1) is 0 Å².